The zero-order valence-corrected chi connectivity index (χ0v) is 31.7. The van der Waals surface area contributed by atoms with Gasteiger partial charge in [-0.2, -0.15) is 5.48 Å². The summed E-state index contributed by atoms with van der Waals surface area (Å²) in [6.07, 6.45) is -7.77. The number of hydrogen-bond donors (Lipinski definition) is 3. The number of nitrogens with one attached hydrogen (secondary N) is 1. The summed E-state index contributed by atoms with van der Waals surface area (Å²) >= 11 is 0. The zero-order chi connectivity index (χ0) is 44.1. The number of ketones is 2. The number of carbonyl (C=O) groups is 5. The van der Waals surface area contributed by atoms with Crippen LogP contribution in [0.1, 0.15) is 58.8 Å². The summed E-state index contributed by atoms with van der Waals surface area (Å²) in [7, 11) is 1.02. The van der Waals surface area contributed by atoms with Crippen molar-refractivity contribution in [3.63, 3.8) is 0 Å². The lowest BCUT2D eigenvalue weighted by atomic mass is 9.45. The van der Waals surface area contributed by atoms with Crippen LogP contribution < -0.4 is 5.48 Å². The number of nitrogens with zero attached hydrogens (tertiary/aromatic N) is 3. The summed E-state index contributed by atoms with van der Waals surface area (Å²) in [5.74, 6) is -9.19. The first-order valence-electron chi connectivity index (χ1n) is 17.9. The largest absolute Gasteiger partial charge is 0.462 e. The lowest BCUT2D eigenvalue weighted by Crippen LogP contribution is -2.70. The monoisotopic (exact) mass is 852 g/mol. The molecule has 59 heavy (non-hydrogen) atoms. The first-order valence-corrected chi connectivity index (χ1v) is 17.9. The van der Waals surface area contributed by atoms with Gasteiger partial charge in [-0.15, -0.1) is 30.3 Å². The molecule has 0 amide bonds. The van der Waals surface area contributed by atoms with Crippen molar-refractivity contribution in [2.24, 2.45) is 22.7 Å². The average molecular weight is 853 g/mol. The predicted octanol–water partition coefficient (Wildman–Crippen LogP) is 0.246. The molecule has 0 bridgehead atoms. The molecule has 0 heterocycles. The number of halogens is 2. The Labute approximate surface area is 331 Å². The Morgan fingerprint density at radius 3 is 2.29 bits per heavy atom. The number of allylic oxidation sites excluding steroid dienone is 4. The van der Waals surface area contributed by atoms with Crippen molar-refractivity contribution >= 4 is 29.5 Å². The van der Waals surface area contributed by atoms with E-state index in [-0.39, 0.29) is 12.0 Å². The molecule has 3 N–H and O–H groups in total. The number of alkyl halides is 1. The molecule has 328 valence electrons. The lowest BCUT2D eigenvalue weighted by Gasteiger charge is -2.62. The minimum Gasteiger partial charge on any atom is -0.462 e. The Balaban J connectivity index is 1.59. The molecule has 4 unspecified atom stereocenters. The van der Waals surface area contributed by atoms with Gasteiger partial charge in [0.25, 0.3) is 15.3 Å². The van der Waals surface area contributed by atoms with Crippen molar-refractivity contribution < 1.29 is 91.8 Å². The van der Waals surface area contributed by atoms with Crippen LogP contribution in [0.15, 0.2) is 23.6 Å². The zero-order valence-electron chi connectivity index (χ0n) is 31.7. The maximum absolute atomic E-state index is 17.7. The number of aliphatic hydroxyl groups excluding tert-OH is 2. The highest BCUT2D eigenvalue weighted by Crippen LogP contribution is 2.70. The summed E-state index contributed by atoms with van der Waals surface area (Å²) in [6, 6.07) is -1.75. The van der Waals surface area contributed by atoms with E-state index in [1.807, 2.05) is 0 Å². The second-order valence-corrected chi connectivity index (χ2v) is 14.8. The van der Waals surface area contributed by atoms with Gasteiger partial charge in [0, 0.05) is 36.0 Å². The van der Waals surface area contributed by atoms with E-state index in [9.17, 15) is 64.5 Å². The number of rotatable bonds is 21. The van der Waals surface area contributed by atoms with Gasteiger partial charge in [0.2, 0.25) is 11.4 Å². The Hall–Kier alpha value is -5.47. The molecule has 4 rings (SSSR count). The summed E-state index contributed by atoms with van der Waals surface area (Å²) < 4.78 is 49.3. The van der Waals surface area contributed by atoms with Crippen LogP contribution in [-0.4, -0.2) is 124 Å². The molecule has 0 spiro atoms. The predicted molar refractivity (Wildman–Crippen MR) is 181 cm³/mol. The van der Waals surface area contributed by atoms with Crippen molar-refractivity contribution in [2.75, 3.05) is 33.5 Å². The van der Waals surface area contributed by atoms with Crippen LogP contribution in [0.5, 0.6) is 0 Å². The Morgan fingerprint density at radius 1 is 0.983 bits per heavy atom. The van der Waals surface area contributed by atoms with E-state index < -0.39 is 174 Å². The Bertz CT molecular complexity index is 1780. The molecule has 2 fully saturated rings. The van der Waals surface area contributed by atoms with E-state index in [1.165, 1.54) is 19.9 Å². The number of hydrogen-bond acceptors (Lipinski definition) is 21. The molecule has 0 aliphatic heterocycles. The lowest BCUT2D eigenvalue weighted by molar-refractivity contribution is -0.790. The van der Waals surface area contributed by atoms with Crippen molar-refractivity contribution in [2.45, 2.75) is 94.4 Å². The van der Waals surface area contributed by atoms with Gasteiger partial charge in [0.15, 0.2) is 24.2 Å². The maximum Gasteiger partial charge on any atom is 0.326 e. The molecule has 0 aromatic rings. The molecule has 0 aromatic heterocycles. The Morgan fingerprint density at radius 2 is 1.66 bits per heavy atom. The fourth-order valence-corrected chi connectivity index (χ4v) is 8.95. The van der Waals surface area contributed by atoms with Gasteiger partial charge in [-0.3, -0.25) is 24.0 Å². The Kier molecular flexibility index (Phi) is 14.3. The fraction of sp³-hybridized carbons (Fsp3) is 0.727. The van der Waals surface area contributed by atoms with Crippen molar-refractivity contribution in [1.82, 2.24) is 5.48 Å². The van der Waals surface area contributed by atoms with Crippen molar-refractivity contribution in [1.29, 1.82) is 0 Å². The molecule has 4 aliphatic rings. The molecule has 4 aliphatic carbocycles. The fourth-order valence-electron chi connectivity index (χ4n) is 8.95. The van der Waals surface area contributed by atoms with Crippen LogP contribution in [0.2, 0.25) is 0 Å². The van der Waals surface area contributed by atoms with Crippen molar-refractivity contribution in [3.8, 4) is 0 Å². The van der Waals surface area contributed by atoms with E-state index in [2.05, 4.69) is 24.8 Å². The number of Topliss-reactive ketones (excluding diaryl/α,β-unsaturated/α-hetero) is 1. The number of carbonyl (C=O) groups excluding carboxylic acids is 5. The molecule has 2 saturated carbocycles. The average Bonchev–Trinajstić information content (AvgIpc) is 3.37. The van der Waals surface area contributed by atoms with Gasteiger partial charge in [0.05, 0.1) is 26.2 Å². The number of ether oxygens (including phenoxy) is 3. The normalized spacial score (nSPS) is 31.7. The molecular weight excluding hydrogens is 810 g/mol. The molecule has 10 atom stereocenters. The number of hydroxylamine groups is 1. The van der Waals surface area contributed by atoms with Crippen LogP contribution in [0.4, 0.5) is 8.78 Å². The third kappa shape index (κ3) is 9.08. The topological polar surface area (TPSA) is 332 Å². The summed E-state index contributed by atoms with van der Waals surface area (Å²) in [5, 5.41) is 51.5. The first kappa shape index (κ1) is 46.2. The first-order chi connectivity index (χ1) is 27.6. The second kappa shape index (κ2) is 18.2. The van der Waals surface area contributed by atoms with E-state index in [4.69, 9.17) is 14.2 Å². The van der Waals surface area contributed by atoms with Gasteiger partial charge in [-0.25, -0.2) is 8.78 Å². The van der Waals surface area contributed by atoms with Gasteiger partial charge in [-0.1, -0.05) is 13.0 Å². The van der Waals surface area contributed by atoms with Gasteiger partial charge in [0.1, 0.15) is 31.2 Å². The summed E-state index contributed by atoms with van der Waals surface area (Å²) in [6.45, 7) is -1.26. The second-order valence-electron chi connectivity index (χ2n) is 14.8. The van der Waals surface area contributed by atoms with E-state index >= 15 is 8.78 Å². The molecule has 0 aromatic carbocycles. The highest BCUT2D eigenvalue weighted by Gasteiger charge is 2.78. The van der Waals surface area contributed by atoms with Crippen LogP contribution in [-0.2, 0) is 57.5 Å². The van der Waals surface area contributed by atoms with Crippen molar-refractivity contribution in [3.05, 3.63) is 53.9 Å². The third-order valence-electron chi connectivity index (χ3n) is 11.5. The van der Waals surface area contributed by atoms with E-state index in [0.717, 1.165) is 13.2 Å². The highest BCUT2D eigenvalue weighted by atomic mass is 19.1. The summed E-state index contributed by atoms with van der Waals surface area (Å²) in [5.41, 5.74) is -7.20. The standard InChI is InChI=1S/C33H42F2N4O20/c1-30-7-6-17(40)9-21(30)22(34)10-20-19-11-24(41)33(31(19,2)13-25(42)32(20,30)35,58-27(44)5-4-8-56-37(47)48)26(43)16-54-28(45)12-23(36-53-3)29(46)55-14-18(59-39(51)52)15-57-38(49)50/h6-7,18-20,23-25,36,41-42H,4-5,8-16H2,1-3H3/t18?,19?,20?,23?,24-,25+,30+,31+,32+,33+/m1/s1. The van der Waals surface area contributed by atoms with Crippen LogP contribution in [0.3, 0.4) is 0 Å². The SMILES string of the molecule is CONC(CC(=O)OCC(=O)[C@@]1(OC(=O)CCCO[N+](=O)[O-])[C@H](O)CC2C3CC(F)=C4CC(=O)C=C[C@]4(C)[C@@]3(F)[C@@H](O)C[C@@]21C)C(=O)OCC(CO[N+](=O)[O-])O[N+](=O)[O-]. The smallest absolute Gasteiger partial charge is 0.326 e. The van der Waals surface area contributed by atoms with Crippen LogP contribution >= 0.6 is 0 Å². The molecular formula is C33H42F2N4O20. The number of aliphatic hydroxyl groups is 2. The maximum atomic E-state index is 17.7. The number of fused-ring (bicyclic) bond motifs is 5. The third-order valence-corrected chi connectivity index (χ3v) is 11.5. The van der Waals surface area contributed by atoms with E-state index in [1.54, 1.807) is 0 Å². The molecule has 24 nitrogen and oxygen atoms in total. The van der Waals surface area contributed by atoms with Gasteiger partial charge < -0.3 is 43.8 Å². The minimum absolute atomic E-state index is 0.165. The quantitative estimate of drug-likeness (QED) is 0.0458. The van der Waals surface area contributed by atoms with Crippen LogP contribution in [0.25, 0.3) is 0 Å². The summed E-state index contributed by atoms with van der Waals surface area (Å²) in [4.78, 5) is 115. The van der Waals surface area contributed by atoms with Gasteiger partial charge in [-0.05, 0) is 43.8 Å². The van der Waals surface area contributed by atoms with Crippen LogP contribution in [0, 0.1) is 53.0 Å². The number of esters is 3. The molecule has 0 saturated heterocycles. The minimum atomic E-state index is -2.72. The van der Waals surface area contributed by atoms with Gasteiger partial charge >= 0.3 is 17.9 Å². The van der Waals surface area contributed by atoms with E-state index in [0.29, 0.717) is 0 Å². The molecule has 26 heteroatoms. The highest BCUT2D eigenvalue weighted by molar-refractivity contribution is 5.95. The molecule has 0 radical (unpaired) electrons.